The third-order valence-corrected chi connectivity index (χ3v) is 6.70. The van der Waals surface area contributed by atoms with Gasteiger partial charge in [0.1, 0.15) is 11.5 Å². The number of urea groups is 1. The number of ether oxygens (including phenoxy) is 1. The van der Waals surface area contributed by atoms with E-state index in [-0.39, 0.29) is 18.0 Å². The van der Waals surface area contributed by atoms with Gasteiger partial charge in [-0.3, -0.25) is 4.79 Å². The molecule has 2 heterocycles. The summed E-state index contributed by atoms with van der Waals surface area (Å²) in [4.78, 5) is 29.0. The molecule has 0 saturated carbocycles. The summed E-state index contributed by atoms with van der Waals surface area (Å²) < 4.78 is 9.56. The standard InChI is InChI=1S/C27H26N6O3S/c1-32(26(34)25-18-37-31-30-25)22-15-16-33(17-22)21-11-7-19(8-12-21)28-27(35)29-20-9-13-24(14-10-20)36-23-5-3-2-4-6-23/h2-14,18,22H,15-17H2,1H3,(H2,28,29,35). The summed E-state index contributed by atoms with van der Waals surface area (Å²) in [7, 11) is 1.81. The fourth-order valence-electron chi connectivity index (χ4n) is 4.18. The van der Waals surface area contributed by atoms with Crippen molar-refractivity contribution in [3.05, 3.63) is 89.9 Å². The highest BCUT2D eigenvalue weighted by atomic mass is 32.1. The smallest absolute Gasteiger partial charge is 0.323 e. The van der Waals surface area contributed by atoms with E-state index < -0.39 is 0 Å². The summed E-state index contributed by atoms with van der Waals surface area (Å²) in [6.45, 7) is 1.58. The first kappa shape index (κ1) is 24.3. The summed E-state index contributed by atoms with van der Waals surface area (Å²) in [6, 6.07) is 24.2. The molecular weight excluding hydrogens is 488 g/mol. The number of para-hydroxylation sites is 1. The molecule has 1 fully saturated rings. The van der Waals surface area contributed by atoms with Crippen LogP contribution in [0.25, 0.3) is 0 Å². The first-order valence-corrected chi connectivity index (χ1v) is 12.7. The average Bonchev–Trinajstić information content (AvgIpc) is 3.63. The second-order valence-corrected chi connectivity index (χ2v) is 9.27. The Bertz CT molecular complexity index is 1330. The Morgan fingerprint density at radius 2 is 1.59 bits per heavy atom. The number of nitrogens with one attached hydrogen (secondary N) is 2. The van der Waals surface area contributed by atoms with Gasteiger partial charge in [0.15, 0.2) is 5.69 Å². The number of likely N-dealkylation sites (N-methyl/N-ethyl adjacent to an activating group) is 1. The summed E-state index contributed by atoms with van der Waals surface area (Å²) in [5.74, 6) is 1.33. The molecule has 0 bridgehead atoms. The van der Waals surface area contributed by atoms with Gasteiger partial charge >= 0.3 is 6.03 Å². The van der Waals surface area contributed by atoms with Crippen molar-refractivity contribution >= 4 is 40.5 Å². The molecule has 1 atom stereocenters. The Kier molecular flexibility index (Phi) is 7.27. The van der Waals surface area contributed by atoms with Crippen LogP contribution in [0.4, 0.5) is 21.9 Å². The first-order valence-electron chi connectivity index (χ1n) is 11.9. The van der Waals surface area contributed by atoms with Crippen LogP contribution in [0.2, 0.25) is 0 Å². The van der Waals surface area contributed by atoms with Gasteiger partial charge in [-0.1, -0.05) is 22.7 Å². The van der Waals surface area contributed by atoms with E-state index >= 15 is 0 Å². The number of nitrogens with zero attached hydrogens (tertiary/aromatic N) is 4. The van der Waals surface area contributed by atoms with Gasteiger partial charge in [-0.25, -0.2) is 4.79 Å². The van der Waals surface area contributed by atoms with Crippen molar-refractivity contribution in [2.45, 2.75) is 12.5 Å². The normalized spacial score (nSPS) is 14.7. The van der Waals surface area contributed by atoms with Crippen molar-refractivity contribution in [3.63, 3.8) is 0 Å². The highest BCUT2D eigenvalue weighted by Gasteiger charge is 2.29. The molecule has 0 radical (unpaired) electrons. The average molecular weight is 515 g/mol. The van der Waals surface area contributed by atoms with Crippen LogP contribution in [-0.4, -0.2) is 52.6 Å². The number of anilines is 3. The van der Waals surface area contributed by atoms with Crippen molar-refractivity contribution < 1.29 is 14.3 Å². The molecule has 0 aliphatic carbocycles. The minimum Gasteiger partial charge on any atom is -0.457 e. The molecule has 3 amide bonds. The van der Waals surface area contributed by atoms with Crippen LogP contribution < -0.4 is 20.3 Å². The lowest BCUT2D eigenvalue weighted by atomic mass is 10.2. The highest BCUT2D eigenvalue weighted by molar-refractivity contribution is 7.03. The zero-order valence-electron chi connectivity index (χ0n) is 20.2. The van der Waals surface area contributed by atoms with E-state index in [1.165, 1.54) is 11.5 Å². The van der Waals surface area contributed by atoms with Gasteiger partial charge in [-0.15, -0.1) is 5.10 Å². The summed E-state index contributed by atoms with van der Waals surface area (Å²) >= 11 is 1.17. The fourth-order valence-corrected chi connectivity index (χ4v) is 4.61. The predicted molar refractivity (Wildman–Crippen MR) is 145 cm³/mol. The Labute approximate surface area is 218 Å². The van der Waals surface area contributed by atoms with Crippen molar-refractivity contribution in [1.82, 2.24) is 14.5 Å². The maximum absolute atomic E-state index is 12.6. The number of rotatable bonds is 7. The van der Waals surface area contributed by atoms with Gasteiger partial charge in [0.2, 0.25) is 0 Å². The zero-order valence-corrected chi connectivity index (χ0v) is 21.0. The number of carbonyl (C=O) groups is 2. The Balaban J connectivity index is 1.11. The van der Waals surface area contributed by atoms with Crippen LogP contribution in [-0.2, 0) is 0 Å². The summed E-state index contributed by atoms with van der Waals surface area (Å²) in [6.07, 6.45) is 0.872. The third kappa shape index (κ3) is 6.04. The van der Waals surface area contributed by atoms with Gasteiger partial charge in [0, 0.05) is 42.6 Å². The Hall–Kier alpha value is -4.44. The van der Waals surface area contributed by atoms with Crippen molar-refractivity contribution in [2.24, 2.45) is 0 Å². The predicted octanol–water partition coefficient (Wildman–Crippen LogP) is 5.33. The zero-order chi connectivity index (χ0) is 25.6. The van der Waals surface area contributed by atoms with E-state index in [0.29, 0.717) is 22.8 Å². The van der Waals surface area contributed by atoms with Crippen molar-refractivity contribution in [2.75, 3.05) is 35.7 Å². The lowest BCUT2D eigenvalue weighted by molar-refractivity contribution is 0.0739. The maximum Gasteiger partial charge on any atom is 0.323 e. The van der Waals surface area contributed by atoms with Gasteiger partial charge in [0.05, 0.1) is 6.04 Å². The second-order valence-electron chi connectivity index (χ2n) is 8.66. The minimum atomic E-state index is -0.331. The van der Waals surface area contributed by atoms with Crippen molar-refractivity contribution in [3.8, 4) is 11.5 Å². The Morgan fingerprint density at radius 1 is 0.946 bits per heavy atom. The molecule has 1 aliphatic heterocycles. The molecule has 1 saturated heterocycles. The molecule has 10 heteroatoms. The van der Waals surface area contributed by atoms with Gasteiger partial charge < -0.3 is 25.2 Å². The topological polar surface area (TPSA) is 99.7 Å². The van der Waals surface area contributed by atoms with E-state index in [1.807, 2.05) is 61.6 Å². The molecule has 5 rings (SSSR count). The molecule has 0 spiro atoms. The molecule has 3 aromatic carbocycles. The molecule has 1 aliphatic rings. The van der Waals surface area contributed by atoms with Gasteiger partial charge in [-0.05, 0) is 78.6 Å². The monoisotopic (exact) mass is 514 g/mol. The number of benzene rings is 3. The van der Waals surface area contributed by atoms with Crippen LogP contribution in [0.3, 0.4) is 0 Å². The largest absolute Gasteiger partial charge is 0.457 e. The van der Waals surface area contributed by atoms with E-state index in [4.69, 9.17) is 4.74 Å². The lowest BCUT2D eigenvalue weighted by Crippen LogP contribution is -2.39. The number of carbonyl (C=O) groups excluding carboxylic acids is 2. The molecule has 9 nitrogen and oxygen atoms in total. The summed E-state index contributed by atoms with van der Waals surface area (Å²) in [5, 5.41) is 11.2. The van der Waals surface area contributed by atoms with E-state index in [9.17, 15) is 9.59 Å². The first-order chi connectivity index (χ1) is 18.0. The van der Waals surface area contributed by atoms with Crippen LogP contribution in [0.5, 0.6) is 11.5 Å². The van der Waals surface area contributed by atoms with E-state index in [1.54, 1.807) is 34.5 Å². The molecule has 1 aromatic heterocycles. The third-order valence-electron chi connectivity index (χ3n) is 6.19. The second kappa shape index (κ2) is 11.1. The van der Waals surface area contributed by atoms with Crippen LogP contribution in [0, 0.1) is 0 Å². The SMILES string of the molecule is CN(C(=O)c1csnn1)C1CCN(c2ccc(NC(=O)Nc3ccc(Oc4ccccc4)cc3)cc2)C1. The van der Waals surface area contributed by atoms with Crippen LogP contribution in [0.1, 0.15) is 16.9 Å². The van der Waals surface area contributed by atoms with E-state index in [2.05, 4.69) is 25.1 Å². The number of aromatic nitrogens is 2. The quantitative estimate of drug-likeness (QED) is 0.346. The van der Waals surface area contributed by atoms with Crippen LogP contribution in [0.15, 0.2) is 84.2 Å². The fraction of sp³-hybridized carbons (Fsp3) is 0.185. The molecule has 2 N–H and O–H groups in total. The van der Waals surface area contributed by atoms with Gasteiger partial charge in [0.25, 0.3) is 5.91 Å². The summed E-state index contributed by atoms with van der Waals surface area (Å²) in [5.41, 5.74) is 2.77. The number of amides is 3. The van der Waals surface area contributed by atoms with Crippen LogP contribution >= 0.6 is 11.5 Å². The lowest BCUT2D eigenvalue weighted by Gasteiger charge is -2.25. The highest BCUT2D eigenvalue weighted by Crippen LogP contribution is 2.26. The maximum atomic E-state index is 12.6. The molecule has 188 valence electrons. The molecule has 4 aromatic rings. The molecule has 1 unspecified atom stereocenters. The van der Waals surface area contributed by atoms with Crippen molar-refractivity contribution in [1.29, 1.82) is 0 Å². The number of hydrogen-bond acceptors (Lipinski definition) is 7. The molecular formula is C27H26N6O3S. The van der Waals surface area contributed by atoms with Gasteiger partial charge in [-0.2, -0.15) is 0 Å². The van der Waals surface area contributed by atoms with E-state index in [0.717, 1.165) is 30.9 Å². The Morgan fingerprint density at radius 3 is 2.24 bits per heavy atom. The molecule has 37 heavy (non-hydrogen) atoms. The minimum absolute atomic E-state index is 0.0993. The number of hydrogen-bond donors (Lipinski definition) is 2.